The molecule has 0 spiro atoms. The molecule has 0 aliphatic carbocycles. The molecule has 3 atom stereocenters. The maximum absolute atomic E-state index is 13.1. The number of hydrogen-bond donors (Lipinski definition) is 3. The van der Waals surface area contributed by atoms with Gasteiger partial charge in [0.05, 0.1) is 25.2 Å². The normalized spacial score (nSPS) is 14.2. The van der Waals surface area contributed by atoms with Crippen LogP contribution in [0.4, 0.5) is 0 Å². The van der Waals surface area contributed by atoms with E-state index in [1.807, 2.05) is 54.7 Å². The standard InChI is InChI=1S/C49H83NO5/c1-4-7-10-13-16-19-21-22-23-24-25-27-30-33-36-39-42-49(54)55-45(40-37-34-31-29-26-20-17-14-11-8-5-2)43-48(53)50-46(44-51)47(52)41-38-35-32-28-18-15-12-9-6-3/h8,11,14,17,20,23-27,29,31,34,37,45-47,51-52H,4-7,9-10,12-13,15-16,18-19,21-22,28,30,32-33,35-36,38-44H2,1-3H3,(H,50,53)/b11-8+,17-14+,24-23+,26-20-,27-25+,31-29-,37-34+. The van der Waals surface area contributed by atoms with E-state index in [0.29, 0.717) is 19.3 Å². The number of amides is 1. The van der Waals surface area contributed by atoms with Crippen molar-refractivity contribution < 1.29 is 24.5 Å². The lowest BCUT2D eigenvalue weighted by Gasteiger charge is -2.24. The molecule has 0 heterocycles. The van der Waals surface area contributed by atoms with E-state index in [4.69, 9.17) is 4.74 Å². The predicted molar refractivity (Wildman–Crippen MR) is 236 cm³/mol. The Labute approximate surface area is 338 Å². The maximum atomic E-state index is 13.1. The molecule has 6 nitrogen and oxygen atoms in total. The summed E-state index contributed by atoms with van der Waals surface area (Å²) in [5.41, 5.74) is 0. The van der Waals surface area contributed by atoms with Crippen molar-refractivity contribution in [3.05, 3.63) is 85.1 Å². The van der Waals surface area contributed by atoms with Crippen molar-refractivity contribution in [3.63, 3.8) is 0 Å². The molecular weight excluding hydrogens is 683 g/mol. The van der Waals surface area contributed by atoms with E-state index in [2.05, 4.69) is 56.5 Å². The lowest BCUT2D eigenvalue weighted by atomic mass is 10.0. The fraction of sp³-hybridized carbons (Fsp3) is 0.673. The molecule has 0 saturated carbocycles. The molecule has 314 valence electrons. The largest absolute Gasteiger partial charge is 0.461 e. The minimum absolute atomic E-state index is 0.0334. The van der Waals surface area contributed by atoms with E-state index in [-0.39, 0.29) is 24.9 Å². The first kappa shape index (κ1) is 52.0. The minimum atomic E-state index is -0.823. The number of unbranched alkanes of at least 4 members (excludes halogenated alkanes) is 18. The van der Waals surface area contributed by atoms with Crippen molar-refractivity contribution in [2.24, 2.45) is 0 Å². The predicted octanol–water partition coefficient (Wildman–Crippen LogP) is 12.8. The number of aliphatic hydroxyl groups excluding tert-OH is 2. The molecule has 0 bridgehead atoms. The molecular formula is C49H83NO5. The Morgan fingerprint density at radius 1 is 0.564 bits per heavy atom. The van der Waals surface area contributed by atoms with Crippen molar-refractivity contribution >= 4 is 11.9 Å². The SMILES string of the molecule is CC/C=C/C=C/C=C\C=C/C=C/CC(CC(=O)NC(CO)C(O)CCCCCCCCCCC)OC(=O)CCCCC/C=C/C=C/CCCCCCCCC. The fourth-order valence-electron chi connectivity index (χ4n) is 6.20. The first-order valence-electron chi connectivity index (χ1n) is 22.4. The molecule has 0 aromatic rings. The van der Waals surface area contributed by atoms with Gasteiger partial charge < -0.3 is 20.3 Å². The second kappa shape index (κ2) is 42.2. The molecule has 0 aromatic heterocycles. The Morgan fingerprint density at radius 3 is 1.55 bits per heavy atom. The quantitative estimate of drug-likeness (QED) is 0.0330. The van der Waals surface area contributed by atoms with Crippen LogP contribution in [0.5, 0.6) is 0 Å². The number of hydrogen-bond acceptors (Lipinski definition) is 5. The Hall–Kier alpha value is -2.96. The van der Waals surface area contributed by atoms with Gasteiger partial charge in [-0.1, -0.05) is 209 Å². The van der Waals surface area contributed by atoms with Crippen LogP contribution in [0.2, 0.25) is 0 Å². The van der Waals surface area contributed by atoms with Gasteiger partial charge in [0.1, 0.15) is 6.10 Å². The van der Waals surface area contributed by atoms with Gasteiger partial charge in [-0.25, -0.2) is 0 Å². The molecule has 6 heteroatoms. The highest BCUT2D eigenvalue weighted by molar-refractivity contribution is 5.77. The van der Waals surface area contributed by atoms with E-state index in [9.17, 15) is 19.8 Å². The van der Waals surface area contributed by atoms with Crippen LogP contribution >= 0.6 is 0 Å². The number of nitrogens with one attached hydrogen (secondary N) is 1. The summed E-state index contributed by atoms with van der Waals surface area (Å²) < 4.78 is 5.79. The van der Waals surface area contributed by atoms with Crippen molar-refractivity contribution in [3.8, 4) is 0 Å². The zero-order valence-electron chi connectivity index (χ0n) is 35.5. The molecule has 1 amide bonds. The summed E-state index contributed by atoms with van der Waals surface area (Å²) in [6, 6.07) is -0.746. The second-order valence-corrected chi connectivity index (χ2v) is 14.9. The molecule has 0 aromatic carbocycles. The summed E-state index contributed by atoms with van der Waals surface area (Å²) in [5, 5.41) is 23.5. The van der Waals surface area contributed by atoms with Crippen molar-refractivity contribution in [2.75, 3.05) is 6.61 Å². The average Bonchev–Trinajstić information content (AvgIpc) is 3.18. The Kier molecular flexibility index (Phi) is 39.9. The molecule has 0 radical (unpaired) electrons. The molecule has 3 unspecified atom stereocenters. The number of rotatable bonds is 38. The summed E-state index contributed by atoms with van der Waals surface area (Å²) in [6.07, 6.45) is 53.9. The van der Waals surface area contributed by atoms with Crippen molar-refractivity contribution in [1.82, 2.24) is 5.32 Å². The Bertz CT molecular complexity index is 1080. The molecule has 0 fully saturated rings. The van der Waals surface area contributed by atoms with Crippen LogP contribution in [0.3, 0.4) is 0 Å². The van der Waals surface area contributed by atoms with Gasteiger partial charge >= 0.3 is 5.97 Å². The monoisotopic (exact) mass is 766 g/mol. The van der Waals surface area contributed by atoms with Crippen LogP contribution in [-0.4, -0.2) is 46.9 Å². The van der Waals surface area contributed by atoms with Crippen LogP contribution in [0, 0.1) is 0 Å². The lowest BCUT2D eigenvalue weighted by Crippen LogP contribution is -2.46. The number of allylic oxidation sites excluding steroid dienone is 13. The molecule has 0 rings (SSSR count). The van der Waals surface area contributed by atoms with E-state index in [0.717, 1.165) is 57.8 Å². The third kappa shape index (κ3) is 37.7. The van der Waals surface area contributed by atoms with E-state index < -0.39 is 18.2 Å². The van der Waals surface area contributed by atoms with Gasteiger partial charge in [-0.05, 0) is 44.9 Å². The zero-order chi connectivity index (χ0) is 40.3. The lowest BCUT2D eigenvalue weighted by molar-refractivity contribution is -0.150. The topological polar surface area (TPSA) is 95.9 Å². The average molecular weight is 766 g/mol. The number of aliphatic hydroxyl groups is 2. The minimum Gasteiger partial charge on any atom is -0.461 e. The van der Waals surface area contributed by atoms with E-state index >= 15 is 0 Å². The van der Waals surface area contributed by atoms with Crippen LogP contribution in [0.25, 0.3) is 0 Å². The highest BCUT2D eigenvalue weighted by Gasteiger charge is 2.23. The smallest absolute Gasteiger partial charge is 0.306 e. The summed E-state index contributed by atoms with van der Waals surface area (Å²) in [6.45, 7) is 6.24. The molecule has 0 aliphatic rings. The Morgan fingerprint density at radius 2 is 1.02 bits per heavy atom. The summed E-state index contributed by atoms with van der Waals surface area (Å²) in [7, 11) is 0. The van der Waals surface area contributed by atoms with Crippen LogP contribution in [0.15, 0.2) is 85.1 Å². The van der Waals surface area contributed by atoms with Crippen LogP contribution in [0.1, 0.15) is 188 Å². The van der Waals surface area contributed by atoms with E-state index in [1.54, 1.807) is 0 Å². The Balaban J connectivity index is 4.78. The summed E-state index contributed by atoms with van der Waals surface area (Å²) >= 11 is 0. The maximum Gasteiger partial charge on any atom is 0.306 e. The summed E-state index contributed by atoms with van der Waals surface area (Å²) in [5.74, 6) is -0.649. The third-order valence-electron chi connectivity index (χ3n) is 9.62. The van der Waals surface area contributed by atoms with Crippen molar-refractivity contribution in [1.29, 1.82) is 0 Å². The molecule has 55 heavy (non-hydrogen) atoms. The van der Waals surface area contributed by atoms with Gasteiger partial charge in [-0.15, -0.1) is 0 Å². The highest BCUT2D eigenvalue weighted by Crippen LogP contribution is 2.15. The van der Waals surface area contributed by atoms with E-state index in [1.165, 1.54) is 83.5 Å². The van der Waals surface area contributed by atoms with Gasteiger partial charge in [0.2, 0.25) is 5.91 Å². The third-order valence-corrected chi connectivity index (χ3v) is 9.62. The zero-order valence-corrected chi connectivity index (χ0v) is 35.5. The second-order valence-electron chi connectivity index (χ2n) is 14.9. The highest BCUT2D eigenvalue weighted by atomic mass is 16.5. The van der Waals surface area contributed by atoms with Crippen LogP contribution in [-0.2, 0) is 14.3 Å². The number of esters is 1. The first-order valence-corrected chi connectivity index (χ1v) is 22.4. The first-order chi connectivity index (χ1) is 27.0. The van der Waals surface area contributed by atoms with Crippen molar-refractivity contribution in [2.45, 2.75) is 206 Å². The molecule has 3 N–H and O–H groups in total. The number of carbonyl (C=O) groups excluding carboxylic acids is 2. The number of carbonyl (C=O) groups is 2. The van der Waals surface area contributed by atoms with Gasteiger partial charge in [0, 0.05) is 12.8 Å². The molecule has 0 saturated heterocycles. The fourth-order valence-corrected chi connectivity index (χ4v) is 6.20. The van der Waals surface area contributed by atoms with Crippen LogP contribution < -0.4 is 5.32 Å². The summed E-state index contributed by atoms with van der Waals surface area (Å²) in [4.78, 5) is 25.9. The number of ether oxygens (including phenoxy) is 1. The van der Waals surface area contributed by atoms with Gasteiger partial charge in [-0.2, -0.15) is 0 Å². The van der Waals surface area contributed by atoms with Gasteiger partial charge in [0.25, 0.3) is 0 Å². The van der Waals surface area contributed by atoms with Gasteiger partial charge in [0.15, 0.2) is 0 Å². The molecule has 0 aliphatic heterocycles. The van der Waals surface area contributed by atoms with Gasteiger partial charge in [-0.3, -0.25) is 9.59 Å².